The number of furan rings is 1. The van der Waals surface area contributed by atoms with Crippen molar-refractivity contribution in [2.75, 3.05) is 13.1 Å². The SMILES string of the molecule is O=C(NC(Cc1ccccc1)C(=O)N1CCC(c2nc3ccccc3s2)CC1)c1ccco1. The number of fused-ring (bicyclic) bond motifs is 1. The lowest BCUT2D eigenvalue weighted by Crippen LogP contribution is -2.51. The molecule has 0 bridgehead atoms. The van der Waals surface area contributed by atoms with Gasteiger partial charge >= 0.3 is 0 Å². The quantitative estimate of drug-likeness (QED) is 0.456. The Bertz CT molecular complexity index is 1200. The second-order valence-corrected chi connectivity index (χ2v) is 9.37. The Morgan fingerprint density at radius 3 is 2.52 bits per heavy atom. The number of amides is 2. The van der Waals surface area contributed by atoms with E-state index in [-0.39, 0.29) is 17.6 Å². The molecule has 0 saturated carbocycles. The highest BCUT2D eigenvalue weighted by Gasteiger charge is 2.31. The van der Waals surface area contributed by atoms with Gasteiger partial charge in [-0.15, -0.1) is 11.3 Å². The normalized spacial score (nSPS) is 15.5. The second kappa shape index (κ2) is 9.58. The van der Waals surface area contributed by atoms with E-state index in [1.54, 1.807) is 23.5 Å². The summed E-state index contributed by atoms with van der Waals surface area (Å²) in [5, 5.41) is 4.04. The van der Waals surface area contributed by atoms with Gasteiger partial charge in [0.25, 0.3) is 5.91 Å². The minimum atomic E-state index is -0.649. The van der Waals surface area contributed by atoms with Gasteiger partial charge in [-0.25, -0.2) is 4.98 Å². The van der Waals surface area contributed by atoms with Crippen LogP contribution in [0.15, 0.2) is 77.4 Å². The fraction of sp³-hybridized carbons (Fsp3) is 0.269. The number of carbonyl (C=O) groups is 2. The van der Waals surface area contributed by atoms with E-state index < -0.39 is 6.04 Å². The molecule has 168 valence electrons. The van der Waals surface area contributed by atoms with Gasteiger partial charge in [-0.05, 0) is 42.7 Å². The van der Waals surface area contributed by atoms with Crippen LogP contribution in [-0.4, -0.2) is 40.8 Å². The number of nitrogens with zero attached hydrogens (tertiary/aromatic N) is 2. The maximum absolute atomic E-state index is 13.5. The number of benzene rings is 2. The van der Waals surface area contributed by atoms with Gasteiger partial charge in [-0.2, -0.15) is 0 Å². The second-order valence-electron chi connectivity index (χ2n) is 8.31. The number of nitrogens with one attached hydrogen (secondary N) is 1. The van der Waals surface area contributed by atoms with Crippen LogP contribution in [-0.2, 0) is 11.2 Å². The fourth-order valence-corrected chi connectivity index (χ4v) is 5.46. The molecule has 5 rings (SSSR count). The largest absolute Gasteiger partial charge is 0.459 e. The first-order valence-corrected chi connectivity index (χ1v) is 12.0. The Labute approximate surface area is 196 Å². The number of hydrogen-bond donors (Lipinski definition) is 1. The Morgan fingerprint density at radius 1 is 1.03 bits per heavy atom. The summed E-state index contributed by atoms with van der Waals surface area (Å²) in [5.74, 6) is 0.132. The molecule has 1 fully saturated rings. The van der Waals surface area contributed by atoms with Gasteiger partial charge in [0.15, 0.2) is 5.76 Å². The van der Waals surface area contributed by atoms with Gasteiger partial charge in [0.1, 0.15) is 6.04 Å². The molecule has 0 aliphatic carbocycles. The van der Waals surface area contributed by atoms with Crippen LogP contribution in [0.2, 0.25) is 0 Å². The summed E-state index contributed by atoms with van der Waals surface area (Å²) in [4.78, 5) is 32.8. The summed E-state index contributed by atoms with van der Waals surface area (Å²) in [6.45, 7) is 1.31. The number of carbonyl (C=O) groups excluding carboxylic acids is 2. The van der Waals surface area contributed by atoms with Crippen molar-refractivity contribution in [3.05, 3.63) is 89.3 Å². The number of rotatable bonds is 6. The molecule has 2 aromatic carbocycles. The average Bonchev–Trinajstić information content (AvgIpc) is 3.54. The number of aromatic nitrogens is 1. The van der Waals surface area contributed by atoms with Crippen LogP contribution < -0.4 is 5.32 Å². The van der Waals surface area contributed by atoms with Gasteiger partial charge in [0, 0.05) is 25.4 Å². The van der Waals surface area contributed by atoms with Crippen LogP contribution in [0.5, 0.6) is 0 Å². The molecule has 1 aliphatic rings. The zero-order chi connectivity index (χ0) is 22.6. The summed E-state index contributed by atoms with van der Waals surface area (Å²) < 4.78 is 6.42. The molecule has 0 radical (unpaired) electrons. The Balaban J connectivity index is 1.27. The molecule has 0 spiro atoms. The molecule has 4 aromatic rings. The molecule has 33 heavy (non-hydrogen) atoms. The predicted molar refractivity (Wildman–Crippen MR) is 128 cm³/mol. The van der Waals surface area contributed by atoms with Crippen LogP contribution in [0.3, 0.4) is 0 Å². The van der Waals surface area contributed by atoms with Crippen molar-refractivity contribution in [1.82, 2.24) is 15.2 Å². The molecule has 1 atom stereocenters. The number of para-hydroxylation sites is 1. The molecular weight excluding hydrogens is 434 g/mol. The summed E-state index contributed by atoms with van der Waals surface area (Å²) >= 11 is 1.75. The monoisotopic (exact) mass is 459 g/mol. The summed E-state index contributed by atoms with van der Waals surface area (Å²) in [6.07, 6.45) is 3.63. The number of piperidine rings is 1. The molecular formula is C26H25N3O3S. The Morgan fingerprint density at radius 2 is 1.79 bits per heavy atom. The number of likely N-dealkylation sites (tertiary alicyclic amines) is 1. The molecule has 2 aromatic heterocycles. The van der Waals surface area contributed by atoms with E-state index in [4.69, 9.17) is 9.40 Å². The lowest BCUT2D eigenvalue weighted by molar-refractivity contribution is -0.134. The lowest BCUT2D eigenvalue weighted by Gasteiger charge is -2.33. The third-order valence-electron chi connectivity index (χ3n) is 6.10. The molecule has 7 heteroatoms. The molecule has 1 unspecified atom stereocenters. The highest BCUT2D eigenvalue weighted by atomic mass is 32.1. The molecule has 2 amide bonds. The standard InChI is InChI=1S/C26H25N3O3S/c30-24(22-10-6-16-32-22)27-21(17-18-7-2-1-3-8-18)26(31)29-14-12-19(13-15-29)25-28-20-9-4-5-11-23(20)33-25/h1-11,16,19,21H,12-15,17H2,(H,27,30). The molecule has 6 nitrogen and oxygen atoms in total. The molecule has 3 heterocycles. The first-order chi connectivity index (χ1) is 16.2. The van der Waals surface area contributed by atoms with Gasteiger partial charge in [-0.1, -0.05) is 42.5 Å². The Hall–Kier alpha value is -3.45. The topological polar surface area (TPSA) is 75.4 Å². The first-order valence-electron chi connectivity index (χ1n) is 11.2. The zero-order valence-corrected chi connectivity index (χ0v) is 19.0. The van der Waals surface area contributed by atoms with Gasteiger partial charge in [-0.3, -0.25) is 9.59 Å². The highest BCUT2D eigenvalue weighted by Crippen LogP contribution is 2.34. The van der Waals surface area contributed by atoms with Crippen molar-refractivity contribution < 1.29 is 14.0 Å². The van der Waals surface area contributed by atoms with Gasteiger partial charge < -0.3 is 14.6 Å². The van der Waals surface area contributed by atoms with E-state index in [0.29, 0.717) is 25.4 Å². The van der Waals surface area contributed by atoms with Crippen LogP contribution >= 0.6 is 11.3 Å². The summed E-state index contributed by atoms with van der Waals surface area (Å²) in [7, 11) is 0. The fourth-order valence-electron chi connectivity index (χ4n) is 4.32. The molecule has 1 saturated heterocycles. The minimum absolute atomic E-state index is 0.0542. The van der Waals surface area contributed by atoms with Crippen LogP contribution in [0.4, 0.5) is 0 Å². The number of thiazole rings is 1. The van der Waals surface area contributed by atoms with E-state index in [1.165, 1.54) is 11.0 Å². The van der Waals surface area contributed by atoms with Crippen molar-refractivity contribution >= 4 is 33.4 Å². The smallest absolute Gasteiger partial charge is 0.287 e. The Kier molecular flexibility index (Phi) is 6.21. The summed E-state index contributed by atoms with van der Waals surface area (Å²) in [5.41, 5.74) is 2.04. The third-order valence-corrected chi connectivity index (χ3v) is 7.30. The average molecular weight is 460 g/mol. The van der Waals surface area contributed by atoms with Crippen molar-refractivity contribution in [1.29, 1.82) is 0 Å². The van der Waals surface area contributed by atoms with Crippen molar-refractivity contribution in [2.45, 2.75) is 31.2 Å². The maximum atomic E-state index is 13.5. The van der Waals surface area contributed by atoms with Crippen LogP contribution in [0.1, 0.15) is 39.9 Å². The molecule has 1 aliphatic heterocycles. The van der Waals surface area contributed by atoms with E-state index in [0.717, 1.165) is 28.9 Å². The van der Waals surface area contributed by atoms with Crippen LogP contribution in [0, 0.1) is 0 Å². The third kappa shape index (κ3) is 4.83. The van der Waals surface area contributed by atoms with Crippen molar-refractivity contribution in [3.63, 3.8) is 0 Å². The predicted octanol–water partition coefficient (Wildman–Crippen LogP) is 4.64. The highest BCUT2D eigenvalue weighted by molar-refractivity contribution is 7.18. The van der Waals surface area contributed by atoms with Gasteiger partial charge in [0.2, 0.25) is 5.91 Å². The summed E-state index contributed by atoms with van der Waals surface area (Å²) in [6, 6.07) is 20.6. The minimum Gasteiger partial charge on any atom is -0.459 e. The lowest BCUT2D eigenvalue weighted by atomic mass is 9.96. The maximum Gasteiger partial charge on any atom is 0.287 e. The van der Waals surface area contributed by atoms with E-state index in [9.17, 15) is 9.59 Å². The van der Waals surface area contributed by atoms with E-state index >= 15 is 0 Å². The van der Waals surface area contributed by atoms with E-state index in [1.807, 2.05) is 53.4 Å². The van der Waals surface area contributed by atoms with E-state index in [2.05, 4.69) is 11.4 Å². The molecule has 1 N–H and O–H groups in total. The van der Waals surface area contributed by atoms with Crippen molar-refractivity contribution in [3.8, 4) is 0 Å². The van der Waals surface area contributed by atoms with Crippen LogP contribution in [0.25, 0.3) is 10.2 Å². The zero-order valence-electron chi connectivity index (χ0n) is 18.1. The number of hydrogen-bond acceptors (Lipinski definition) is 5. The van der Waals surface area contributed by atoms with Crippen molar-refractivity contribution in [2.24, 2.45) is 0 Å². The van der Waals surface area contributed by atoms with Gasteiger partial charge in [0.05, 0.1) is 21.5 Å². The first kappa shape index (κ1) is 21.4.